The van der Waals surface area contributed by atoms with Crippen LogP contribution >= 0.6 is 0 Å². The van der Waals surface area contributed by atoms with Crippen LogP contribution in [0.4, 0.5) is 4.39 Å². The monoisotopic (exact) mass is 386 g/mol. The summed E-state index contributed by atoms with van der Waals surface area (Å²) in [6.45, 7) is 1.54. The van der Waals surface area contributed by atoms with Crippen LogP contribution in [0, 0.1) is 12.7 Å². The van der Waals surface area contributed by atoms with Crippen molar-refractivity contribution in [3.8, 4) is 11.1 Å². The van der Waals surface area contributed by atoms with Gasteiger partial charge in [-0.2, -0.15) is 0 Å². The van der Waals surface area contributed by atoms with E-state index in [2.05, 4.69) is 19.9 Å². The Balaban J connectivity index is 1.57. The minimum atomic E-state index is -3.72. The lowest BCUT2D eigenvalue weighted by molar-refractivity contribution is 0.460. The molecule has 0 saturated heterocycles. The lowest BCUT2D eigenvalue weighted by Gasteiger charge is -2.06. The van der Waals surface area contributed by atoms with Gasteiger partial charge in [0.05, 0.1) is 11.4 Å². The van der Waals surface area contributed by atoms with Gasteiger partial charge in [-0.3, -0.25) is 0 Å². The summed E-state index contributed by atoms with van der Waals surface area (Å²) in [5, 5.41) is 8.26. The van der Waals surface area contributed by atoms with Gasteiger partial charge in [0.1, 0.15) is 5.82 Å². The first kappa shape index (κ1) is 17.4. The Hall–Kier alpha value is -3.04. The fourth-order valence-electron chi connectivity index (χ4n) is 2.80. The van der Waals surface area contributed by atoms with E-state index in [-0.39, 0.29) is 23.1 Å². The number of halogens is 1. The Kier molecular flexibility index (Phi) is 4.25. The zero-order chi connectivity index (χ0) is 19.0. The Morgan fingerprint density at radius 3 is 2.63 bits per heavy atom. The Labute approximate surface area is 154 Å². The number of sulfonamides is 1. The molecule has 0 spiro atoms. The van der Waals surface area contributed by atoms with E-state index in [1.165, 1.54) is 24.3 Å². The zero-order valence-corrected chi connectivity index (χ0v) is 15.0. The van der Waals surface area contributed by atoms with Gasteiger partial charge in [0.25, 0.3) is 0 Å². The predicted octanol–water partition coefficient (Wildman–Crippen LogP) is 3.14. The van der Waals surface area contributed by atoms with Gasteiger partial charge in [-0.25, -0.2) is 17.5 Å². The van der Waals surface area contributed by atoms with Gasteiger partial charge in [0.2, 0.25) is 21.8 Å². The van der Waals surface area contributed by atoms with Crippen molar-refractivity contribution in [2.75, 3.05) is 0 Å². The summed E-state index contributed by atoms with van der Waals surface area (Å²) in [6.07, 6.45) is 1.77. The first-order valence-corrected chi connectivity index (χ1v) is 9.56. The summed E-state index contributed by atoms with van der Waals surface area (Å²) < 4.78 is 45.7. The summed E-state index contributed by atoms with van der Waals surface area (Å²) in [4.78, 5) is 3.14. The molecule has 138 valence electrons. The number of H-pyrrole nitrogens is 1. The number of aryl methyl sites for hydroxylation is 1. The molecule has 0 fully saturated rings. The molecule has 0 amide bonds. The van der Waals surface area contributed by atoms with E-state index in [0.717, 1.165) is 16.5 Å². The van der Waals surface area contributed by atoms with Crippen LogP contribution < -0.4 is 4.72 Å². The van der Waals surface area contributed by atoms with Gasteiger partial charge in [-0.15, -0.1) is 10.2 Å². The quantitative estimate of drug-likeness (QED) is 0.549. The molecule has 2 aromatic carbocycles. The molecule has 2 heterocycles. The second kappa shape index (κ2) is 6.60. The van der Waals surface area contributed by atoms with Crippen LogP contribution in [0.15, 0.2) is 58.0 Å². The molecule has 4 aromatic rings. The number of aromatic amines is 1. The first-order chi connectivity index (χ1) is 12.9. The zero-order valence-electron chi connectivity index (χ0n) is 14.2. The molecule has 0 bridgehead atoms. The molecule has 0 aliphatic heterocycles. The Bertz CT molecular complexity index is 1210. The molecule has 0 unspecified atom stereocenters. The van der Waals surface area contributed by atoms with Crippen molar-refractivity contribution in [1.82, 2.24) is 19.9 Å². The maximum absolute atomic E-state index is 13.3. The highest BCUT2D eigenvalue weighted by molar-refractivity contribution is 7.89. The molecular formula is C18H15FN4O3S. The van der Waals surface area contributed by atoms with Crippen LogP contribution in [0.3, 0.4) is 0 Å². The molecule has 0 aliphatic carbocycles. The highest BCUT2D eigenvalue weighted by Gasteiger charge is 2.16. The average molecular weight is 386 g/mol. The molecule has 2 aromatic heterocycles. The van der Waals surface area contributed by atoms with Crippen molar-refractivity contribution in [3.63, 3.8) is 0 Å². The lowest BCUT2D eigenvalue weighted by Crippen LogP contribution is -2.23. The number of fused-ring (bicyclic) bond motifs is 1. The van der Waals surface area contributed by atoms with Crippen LogP contribution in [0.5, 0.6) is 0 Å². The summed E-state index contributed by atoms with van der Waals surface area (Å²) >= 11 is 0. The minimum Gasteiger partial charge on any atom is -0.424 e. The highest BCUT2D eigenvalue weighted by Crippen LogP contribution is 2.29. The third-order valence-electron chi connectivity index (χ3n) is 4.10. The van der Waals surface area contributed by atoms with Crippen LogP contribution in [-0.2, 0) is 16.6 Å². The van der Waals surface area contributed by atoms with Crippen molar-refractivity contribution in [2.24, 2.45) is 0 Å². The normalized spacial score (nSPS) is 11.9. The third-order valence-corrected chi connectivity index (χ3v) is 5.52. The Morgan fingerprint density at radius 1 is 1.15 bits per heavy atom. The van der Waals surface area contributed by atoms with Gasteiger partial charge in [0.15, 0.2) is 0 Å². The SMILES string of the molecule is Cc1nnc(CNS(=O)(=O)c2ccc(-c3c[nH]c4cc(F)ccc34)cc2)o1. The number of benzene rings is 2. The standard InChI is InChI=1S/C18H15FN4O3S/c1-11-22-23-18(26-11)10-21-27(24,25)14-5-2-12(3-6-14)16-9-20-17-8-13(19)4-7-15(16)17/h2-9,20-21H,10H2,1H3. The van der Waals surface area contributed by atoms with Gasteiger partial charge in [-0.1, -0.05) is 12.1 Å². The van der Waals surface area contributed by atoms with Crippen LogP contribution in [0.25, 0.3) is 22.0 Å². The number of nitrogens with one attached hydrogen (secondary N) is 2. The summed E-state index contributed by atoms with van der Waals surface area (Å²) in [5.74, 6) is 0.241. The van der Waals surface area contributed by atoms with Crippen LogP contribution in [0.1, 0.15) is 11.8 Å². The van der Waals surface area contributed by atoms with E-state index in [0.29, 0.717) is 11.4 Å². The van der Waals surface area contributed by atoms with Gasteiger partial charge in [-0.05, 0) is 35.9 Å². The molecule has 0 saturated carbocycles. The molecule has 0 aliphatic rings. The van der Waals surface area contributed by atoms with Crippen molar-refractivity contribution < 1.29 is 17.2 Å². The van der Waals surface area contributed by atoms with Gasteiger partial charge >= 0.3 is 0 Å². The number of hydrogen-bond acceptors (Lipinski definition) is 5. The number of rotatable bonds is 5. The molecule has 7 nitrogen and oxygen atoms in total. The maximum atomic E-state index is 13.3. The van der Waals surface area contributed by atoms with Gasteiger partial charge < -0.3 is 9.40 Å². The van der Waals surface area contributed by atoms with Crippen molar-refractivity contribution in [3.05, 3.63) is 66.3 Å². The average Bonchev–Trinajstić information content (AvgIpc) is 3.26. The molecule has 9 heteroatoms. The molecule has 4 rings (SSSR count). The molecule has 27 heavy (non-hydrogen) atoms. The third kappa shape index (κ3) is 3.46. The first-order valence-electron chi connectivity index (χ1n) is 8.08. The second-order valence-electron chi connectivity index (χ2n) is 5.96. The van der Waals surface area contributed by atoms with E-state index in [1.807, 2.05) is 0 Å². The molecule has 2 N–H and O–H groups in total. The molecule has 0 radical (unpaired) electrons. The fourth-order valence-corrected chi connectivity index (χ4v) is 3.77. The van der Waals surface area contributed by atoms with Gasteiger partial charge in [0, 0.05) is 29.6 Å². The van der Waals surface area contributed by atoms with E-state index in [9.17, 15) is 12.8 Å². The number of hydrogen-bond donors (Lipinski definition) is 2. The second-order valence-corrected chi connectivity index (χ2v) is 7.72. The topological polar surface area (TPSA) is 101 Å². The van der Waals surface area contributed by atoms with Crippen LogP contribution in [0.2, 0.25) is 0 Å². The van der Waals surface area contributed by atoms with E-state index in [1.54, 1.807) is 31.3 Å². The number of aromatic nitrogens is 3. The van der Waals surface area contributed by atoms with Crippen molar-refractivity contribution in [1.29, 1.82) is 0 Å². The van der Waals surface area contributed by atoms with Crippen LogP contribution in [-0.4, -0.2) is 23.6 Å². The fraction of sp³-hybridized carbons (Fsp3) is 0.111. The summed E-state index contributed by atoms with van der Waals surface area (Å²) in [5.41, 5.74) is 2.36. The molecular weight excluding hydrogens is 371 g/mol. The largest absolute Gasteiger partial charge is 0.424 e. The van der Waals surface area contributed by atoms with E-state index in [4.69, 9.17) is 4.42 Å². The summed E-state index contributed by atoms with van der Waals surface area (Å²) in [6, 6.07) is 10.9. The minimum absolute atomic E-state index is 0.0844. The highest BCUT2D eigenvalue weighted by atomic mass is 32.2. The lowest BCUT2D eigenvalue weighted by atomic mass is 10.1. The van der Waals surface area contributed by atoms with E-state index < -0.39 is 10.0 Å². The summed E-state index contributed by atoms with van der Waals surface area (Å²) in [7, 11) is -3.72. The Morgan fingerprint density at radius 2 is 1.93 bits per heavy atom. The smallest absolute Gasteiger partial charge is 0.241 e. The number of nitrogens with zero attached hydrogens (tertiary/aromatic N) is 2. The molecule has 0 atom stereocenters. The predicted molar refractivity (Wildman–Crippen MR) is 96.8 cm³/mol. The maximum Gasteiger partial charge on any atom is 0.241 e. The van der Waals surface area contributed by atoms with Crippen molar-refractivity contribution >= 4 is 20.9 Å². The van der Waals surface area contributed by atoms with E-state index >= 15 is 0 Å². The van der Waals surface area contributed by atoms with Crippen molar-refractivity contribution in [2.45, 2.75) is 18.4 Å².